The standard InChI is InChI=1S/C31H44N2O/c1-3-5-7-8-9-10-20-31(25-32)21-18-27(19-22-31)24-34-29-15-13-28(14-16-29)30-17-12-26(23-33-30)11-6-4-2/h12-17,23,27H,3-11,18-22,24H2,1-2H3/t27-,31-. The summed E-state index contributed by atoms with van der Waals surface area (Å²) in [6, 6.07) is 15.3. The van der Waals surface area contributed by atoms with Gasteiger partial charge in [0.25, 0.3) is 0 Å². The zero-order valence-corrected chi connectivity index (χ0v) is 21.5. The number of hydrogen-bond acceptors (Lipinski definition) is 3. The molecule has 0 bridgehead atoms. The second kappa shape index (κ2) is 14.1. The molecule has 1 aliphatic rings. The summed E-state index contributed by atoms with van der Waals surface area (Å²) in [6.45, 7) is 5.23. The van der Waals surface area contributed by atoms with E-state index in [1.165, 1.54) is 56.9 Å². The van der Waals surface area contributed by atoms with E-state index in [2.05, 4.69) is 61.3 Å². The Morgan fingerprint density at radius 1 is 0.912 bits per heavy atom. The fourth-order valence-corrected chi connectivity index (χ4v) is 5.12. The van der Waals surface area contributed by atoms with Crippen LogP contribution < -0.4 is 4.74 Å². The molecule has 3 nitrogen and oxygen atoms in total. The number of pyridine rings is 1. The number of nitriles is 1. The zero-order valence-electron chi connectivity index (χ0n) is 21.5. The minimum atomic E-state index is -0.0814. The normalized spacial score (nSPS) is 20.1. The van der Waals surface area contributed by atoms with E-state index in [1.54, 1.807) is 0 Å². The van der Waals surface area contributed by atoms with E-state index in [0.717, 1.165) is 62.1 Å². The van der Waals surface area contributed by atoms with Crippen molar-refractivity contribution in [2.45, 2.75) is 104 Å². The summed E-state index contributed by atoms with van der Waals surface area (Å²) < 4.78 is 6.13. The Labute approximate surface area is 208 Å². The number of nitrogens with zero attached hydrogens (tertiary/aromatic N) is 2. The van der Waals surface area contributed by atoms with E-state index in [9.17, 15) is 5.26 Å². The Bertz CT molecular complexity index is 858. The lowest BCUT2D eigenvalue weighted by Crippen LogP contribution is -2.28. The molecule has 0 amide bonds. The molecule has 0 radical (unpaired) electrons. The van der Waals surface area contributed by atoms with Gasteiger partial charge in [-0.05, 0) is 86.8 Å². The quantitative estimate of drug-likeness (QED) is 0.264. The monoisotopic (exact) mass is 460 g/mol. The minimum absolute atomic E-state index is 0.0814. The van der Waals surface area contributed by atoms with Gasteiger partial charge in [0.05, 0.1) is 23.8 Å². The van der Waals surface area contributed by atoms with E-state index in [4.69, 9.17) is 4.74 Å². The second-order valence-electron chi connectivity index (χ2n) is 10.3. The smallest absolute Gasteiger partial charge is 0.119 e. The van der Waals surface area contributed by atoms with Gasteiger partial charge in [0, 0.05) is 11.8 Å². The molecule has 184 valence electrons. The maximum atomic E-state index is 9.86. The number of rotatable bonds is 14. The maximum Gasteiger partial charge on any atom is 0.119 e. The predicted octanol–water partition coefficient (Wildman–Crippen LogP) is 8.92. The van der Waals surface area contributed by atoms with Crippen molar-refractivity contribution in [3.8, 4) is 23.1 Å². The highest BCUT2D eigenvalue weighted by Crippen LogP contribution is 2.42. The molecule has 1 aromatic carbocycles. The van der Waals surface area contributed by atoms with Crippen molar-refractivity contribution in [2.75, 3.05) is 6.61 Å². The lowest BCUT2D eigenvalue weighted by Gasteiger charge is -2.35. The first-order chi connectivity index (χ1) is 16.7. The highest BCUT2D eigenvalue weighted by atomic mass is 16.5. The third kappa shape index (κ3) is 8.15. The van der Waals surface area contributed by atoms with Crippen LogP contribution in [0, 0.1) is 22.7 Å². The van der Waals surface area contributed by atoms with Gasteiger partial charge < -0.3 is 4.74 Å². The van der Waals surface area contributed by atoms with E-state index in [-0.39, 0.29) is 5.41 Å². The van der Waals surface area contributed by atoms with Crippen molar-refractivity contribution in [1.82, 2.24) is 4.98 Å². The topological polar surface area (TPSA) is 45.9 Å². The molecule has 2 aromatic rings. The molecule has 1 heterocycles. The molecule has 3 heteroatoms. The van der Waals surface area contributed by atoms with Crippen LogP contribution in [0.1, 0.15) is 103 Å². The molecule has 1 fully saturated rings. The second-order valence-corrected chi connectivity index (χ2v) is 10.3. The summed E-state index contributed by atoms with van der Waals surface area (Å²) in [5.74, 6) is 1.48. The van der Waals surface area contributed by atoms with Crippen molar-refractivity contribution in [3.05, 3.63) is 48.2 Å². The maximum absolute atomic E-state index is 9.86. The van der Waals surface area contributed by atoms with Gasteiger partial charge in [-0.3, -0.25) is 4.98 Å². The molecule has 1 aliphatic carbocycles. The van der Waals surface area contributed by atoms with Crippen LogP contribution in [0.4, 0.5) is 0 Å². The molecule has 1 saturated carbocycles. The lowest BCUT2D eigenvalue weighted by molar-refractivity contribution is 0.144. The summed E-state index contributed by atoms with van der Waals surface area (Å²) >= 11 is 0. The Kier molecular flexibility index (Phi) is 10.9. The first-order valence-electron chi connectivity index (χ1n) is 13.8. The average Bonchev–Trinajstić information content (AvgIpc) is 2.89. The molecule has 3 rings (SSSR count). The van der Waals surface area contributed by atoms with Crippen molar-refractivity contribution in [1.29, 1.82) is 5.26 Å². The fourth-order valence-electron chi connectivity index (χ4n) is 5.12. The van der Waals surface area contributed by atoms with Crippen LogP contribution in [0.3, 0.4) is 0 Å². The fraction of sp³-hybridized carbons (Fsp3) is 0.613. The third-order valence-electron chi connectivity index (χ3n) is 7.59. The Morgan fingerprint density at radius 3 is 2.26 bits per heavy atom. The molecule has 1 aromatic heterocycles. The molecule has 0 aliphatic heterocycles. The zero-order chi connectivity index (χ0) is 24.1. The van der Waals surface area contributed by atoms with Crippen LogP contribution in [0.5, 0.6) is 5.75 Å². The van der Waals surface area contributed by atoms with E-state index < -0.39 is 0 Å². The van der Waals surface area contributed by atoms with Gasteiger partial charge in [0.2, 0.25) is 0 Å². The van der Waals surface area contributed by atoms with Gasteiger partial charge in [-0.15, -0.1) is 0 Å². The molecular formula is C31H44N2O. The Morgan fingerprint density at radius 2 is 1.62 bits per heavy atom. The first-order valence-corrected chi connectivity index (χ1v) is 13.8. The van der Waals surface area contributed by atoms with Gasteiger partial charge in [0.1, 0.15) is 5.75 Å². The van der Waals surface area contributed by atoms with E-state index >= 15 is 0 Å². The highest BCUT2D eigenvalue weighted by Gasteiger charge is 2.35. The summed E-state index contributed by atoms with van der Waals surface area (Å²) in [7, 11) is 0. The van der Waals surface area contributed by atoms with Gasteiger partial charge in [-0.25, -0.2) is 0 Å². The predicted molar refractivity (Wildman–Crippen MR) is 142 cm³/mol. The van der Waals surface area contributed by atoms with Crippen LogP contribution in [0.15, 0.2) is 42.6 Å². The summed E-state index contributed by atoms with van der Waals surface area (Å²) in [5.41, 5.74) is 3.37. The highest BCUT2D eigenvalue weighted by molar-refractivity contribution is 5.60. The number of unbranched alkanes of at least 4 members (excludes halogenated alkanes) is 6. The van der Waals surface area contributed by atoms with E-state index in [1.807, 2.05) is 6.20 Å². The van der Waals surface area contributed by atoms with Crippen molar-refractivity contribution in [3.63, 3.8) is 0 Å². The van der Waals surface area contributed by atoms with E-state index in [0.29, 0.717) is 5.92 Å². The number of benzene rings is 1. The number of ether oxygens (including phenoxy) is 1. The lowest BCUT2D eigenvalue weighted by atomic mass is 9.69. The first kappa shape index (κ1) is 26.3. The van der Waals surface area contributed by atoms with Crippen LogP contribution in [-0.2, 0) is 6.42 Å². The van der Waals surface area contributed by atoms with Gasteiger partial charge in [-0.1, -0.05) is 64.9 Å². The molecule has 0 saturated heterocycles. The number of aryl methyl sites for hydroxylation is 1. The van der Waals surface area contributed by atoms with Crippen LogP contribution in [0.2, 0.25) is 0 Å². The van der Waals surface area contributed by atoms with Crippen LogP contribution in [0.25, 0.3) is 11.3 Å². The molecular weight excluding hydrogens is 416 g/mol. The van der Waals surface area contributed by atoms with Crippen LogP contribution in [-0.4, -0.2) is 11.6 Å². The summed E-state index contributed by atoms with van der Waals surface area (Å²) in [6.07, 6.45) is 18.7. The van der Waals surface area contributed by atoms with Crippen molar-refractivity contribution < 1.29 is 4.74 Å². The number of aromatic nitrogens is 1. The minimum Gasteiger partial charge on any atom is -0.493 e. The van der Waals surface area contributed by atoms with Crippen molar-refractivity contribution in [2.24, 2.45) is 11.3 Å². The SMILES string of the molecule is CCCCCCCC[C@]1(C#N)CC[C@H](COc2ccc(-c3ccc(CCCC)cn3)cc2)CC1. The summed E-state index contributed by atoms with van der Waals surface area (Å²) in [5, 5.41) is 9.86. The Hall–Kier alpha value is -2.34. The van der Waals surface area contributed by atoms with Gasteiger partial charge >= 0.3 is 0 Å². The molecule has 0 unspecified atom stereocenters. The molecule has 34 heavy (non-hydrogen) atoms. The largest absolute Gasteiger partial charge is 0.493 e. The van der Waals surface area contributed by atoms with Gasteiger partial charge in [0.15, 0.2) is 0 Å². The molecule has 0 atom stereocenters. The average molecular weight is 461 g/mol. The molecule has 0 spiro atoms. The van der Waals surface area contributed by atoms with Crippen molar-refractivity contribution >= 4 is 0 Å². The summed E-state index contributed by atoms with van der Waals surface area (Å²) in [4.78, 5) is 4.65. The molecule has 0 N–H and O–H groups in total. The van der Waals surface area contributed by atoms with Crippen LogP contribution >= 0.6 is 0 Å². The number of hydrogen-bond donors (Lipinski definition) is 0. The Balaban J connectivity index is 1.40. The third-order valence-corrected chi connectivity index (χ3v) is 7.59. The van der Waals surface area contributed by atoms with Gasteiger partial charge in [-0.2, -0.15) is 5.26 Å².